The van der Waals surface area contributed by atoms with Crippen LogP contribution in [0.5, 0.6) is 0 Å². The van der Waals surface area contributed by atoms with Gasteiger partial charge < -0.3 is 15.5 Å². The van der Waals surface area contributed by atoms with Gasteiger partial charge in [-0.1, -0.05) is 12.1 Å². The van der Waals surface area contributed by atoms with Gasteiger partial charge >= 0.3 is 0 Å². The van der Waals surface area contributed by atoms with Crippen molar-refractivity contribution in [3.8, 4) is 0 Å². The highest BCUT2D eigenvalue weighted by Gasteiger charge is 2.42. The van der Waals surface area contributed by atoms with Gasteiger partial charge in [-0.25, -0.2) is 0 Å². The molecular formula is C19H26ClN5O2. The smallest absolute Gasteiger partial charge is 0.252 e. The normalized spacial score (nSPS) is 15.5. The largest absolute Gasteiger partial charge is 0.349 e. The fourth-order valence-electron chi connectivity index (χ4n) is 3.21. The summed E-state index contributed by atoms with van der Waals surface area (Å²) in [6, 6.07) is 9.27. The predicted molar refractivity (Wildman–Crippen MR) is 107 cm³/mol. The van der Waals surface area contributed by atoms with Crippen LogP contribution < -0.4 is 10.6 Å². The highest BCUT2D eigenvalue weighted by atomic mass is 35.5. The van der Waals surface area contributed by atoms with Gasteiger partial charge in [0.05, 0.1) is 6.42 Å². The van der Waals surface area contributed by atoms with Gasteiger partial charge in [0, 0.05) is 32.2 Å². The number of anilines is 1. The van der Waals surface area contributed by atoms with Crippen LogP contribution in [-0.4, -0.2) is 53.7 Å². The molecule has 27 heavy (non-hydrogen) atoms. The topological polar surface area (TPSA) is 79.3 Å². The Morgan fingerprint density at radius 3 is 2.44 bits per heavy atom. The van der Waals surface area contributed by atoms with Crippen LogP contribution in [0.1, 0.15) is 18.4 Å². The maximum atomic E-state index is 13.1. The van der Waals surface area contributed by atoms with E-state index in [1.165, 1.54) is 0 Å². The number of benzene rings is 1. The van der Waals surface area contributed by atoms with Gasteiger partial charge in [0.15, 0.2) is 0 Å². The van der Waals surface area contributed by atoms with Crippen molar-refractivity contribution in [1.82, 2.24) is 20.0 Å². The monoisotopic (exact) mass is 391 g/mol. The number of piperidine rings is 1. The minimum Gasteiger partial charge on any atom is -0.349 e. The molecule has 0 aliphatic carbocycles. The molecule has 3 rings (SSSR count). The first-order valence-electron chi connectivity index (χ1n) is 8.83. The first-order valence-corrected chi connectivity index (χ1v) is 8.83. The van der Waals surface area contributed by atoms with Gasteiger partial charge in [0.2, 0.25) is 5.91 Å². The van der Waals surface area contributed by atoms with Crippen LogP contribution in [0.3, 0.4) is 0 Å². The number of carbonyl (C=O) groups excluding carboxylic acids is 2. The second-order valence-electron chi connectivity index (χ2n) is 6.85. The lowest BCUT2D eigenvalue weighted by Gasteiger charge is -2.36. The number of carbonyl (C=O) groups is 2. The fraction of sp³-hybridized carbons (Fsp3) is 0.421. The molecule has 2 aromatic rings. The van der Waals surface area contributed by atoms with Gasteiger partial charge in [-0.05, 0) is 49.7 Å². The Kier molecular flexibility index (Phi) is 6.98. The van der Waals surface area contributed by atoms with E-state index in [1.54, 1.807) is 29.9 Å². The molecule has 0 unspecified atom stereocenters. The van der Waals surface area contributed by atoms with Gasteiger partial charge in [-0.15, -0.1) is 12.4 Å². The van der Waals surface area contributed by atoms with E-state index in [1.807, 2.05) is 36.5 Å². The second kappa shape index (κ2) is 9.01. The SMILES string of the molecule is CN(C)C(=O)Cc1ccc(NC(=O)C2(n3cccn3)CCNCC2)cc1.Cl. The van der Waals surface area contributed by atoms with E-state index in [0.29, 0.717) is 19.3 Å². The summed E-state index contributed by atoms with van der Waals surface area (Å²) >= 11 is 0. The highest BCUT2D eigenvalue weighted by molar-refractivity contribution is 5.96. The molecule has 7 nitrogen and oxygen atoms in total. The van der Waals surface area contributed by atoms with Crippen LogP contribution >= 0.6 is 12.4 Å². The summed E-state index contributed by atoms with van der Waals surface area (Å²) < 4.78 is 1.77. The van der Waals surface area contributed by atoms with E-state index in [0.717, 1.165) is 24.3 Å². The first kappa shape index (κ1) is 20.9. The summed E-state index contributed by atoms with van der Waals surface area (Å²) in [5, 5.41) is 10.6. The van der Waals surface area contributed by atoms with Gasteiger partial charge in [0.1, 0.15) is 5.54 Å². The van der Waals surface area contributed by atoms with Gasteiger partial charge in [-0.3, -0.25) is 14.3 Å². The Balaban J connectivity index is 0.00000261. The average Bonchev–Trinajstić information content (AvgIpc) is 3.19. The van der Waals surface area contributed by atoms with E-state index >= 15 is 0 Å². The molecule has 2 heterocycles. The maximum absolute atomic E-state index is 13.1. The molecule has 1 aliphatic rings. The average molecular weight is 392 g/mol. The van der Waals surface area contributed by atoms with Crippen LogP contribution in [0, 0.1) is 0 Å². The van der Waals surface area contributed by atoms with Crippen LogP contribution in [0.25, 0.3) is 0 Å². The quantitative estimate of drug-likeness (QED) is 0.812. The molecule has 8 heteroatoms. The zero-order valence-electron chi connectivity index (χ0n) is 15.6. The minimum atomic E-state index is -0.672. The van der Waals surface area contributed by atoms with Crippen LogP contribution in [0.2, 0.25) is 0 Å². The number of hydrogen-bond donors (Lipinski definition) is 2. The molecule has 1 saturated heterocycles. The molecule has 1 aromatic carbocycles. The van der Waals surface area contributed by atoms with Crippen LogP contribution in [0.4, 0.5) is 5.69 Å². The van der Waals surface area contributed by atoms with Crippen molar-refractivity contribution in [3.05, 3.63) is 48.3 Å². The standard InChI is InChI=1S/C19H25N5O2.ClH/c1-23(2)17(25)14-15-4-6-16(7-5-15)22-18(26)19(8-11-20-12-9-19)24-13-3-10-21-24;/h3-7,10,13,20H,8-9,11-12,14H2,1-2H3,(H,22,26);1H. The van der Waals surface area contributed by atoms with Gasteiger partial charge in [-0.2, -0.15) is 5.10 Å². The number of nitrogens with zero attached hydrogens (tertiary/aromatic N) is 3. The zero-order chi connectivity index (χ0) is 18.6. The van der Waals surface area contributed by atoms with E-state index < -0.39 is 5.54 Å². The predicted octanol–water partition coefficient (Wildman–Crippen LogP) is 1.65. The molecule has 2 N–H and O–H groups in total. The Morgan fingerprint density at radius 2 is 1.89 bits per heavy atom. The molecule has 0 spiro atoms. The Morgan fingerprint density at radius 1 is 1.22 bits per heavy atom. The van der Waals surface area contributed by atoms with Crippen LogP contribution in [-0.2, 0) is 21.5 Å². The summed E-state index contributed by atoms with van der Waals surface area (Å²) in [7, 11) is 3.48. The fourth-order valence-corrected chi connectivity index (χ4v) is 3.21. The minimum absolute atomic E-state index is 0. The molecule has 1 aromatic heterocycles. The number of nitrogens with one attached hydrogen (secondary N) is 2. The lowest BCUT2D eigenvalue weighted by Crippen LogP contribution is -2.52. The summed E-state index contributed by atoms with van der Waals surface area (Å²) in [5.41, 5.74) is 0.973. The van der Waals surface area contributed by atoms with Crippen LogP contribution in [0.15, 0.2) is 42.7 Å². The van der Waals surface area contributed by atoms with Crippen molar-refractivity contribution in [2.24, 2.45) is 0 Å². The lowest BCUT2D eigenvalue weighted by atomic mass is 9.87. The van der Waals surface area contributed by atoms with Crippen molar-refractivity contribution in [1.29, 1.82) is 0 Å². The third kappa shape index (κ3) is 4.67. The van der Waals surface area contributed by atoms with Gasteiger partial charge in [0.25, 0.3) is 5.91 Å². The molecule has 1 fully saturated rings. The first-order chi connectivity index (χ1) is 12.5. The summed E-state index contributed by atoms with van der Waals surface area (Å²) in [6.45, 7) is 1.55. The lowest BCUT2D eigenvalue weighted by molar-refractivity contribution is -0.128. The molecule has 2 amide bonds. The number of rotatable bonds is 5. The number of halogens is 1. The van der Waals surface area contributed by atoms with Crippen molar-refractivity contribution < 1.29 is 9.59 Å². The Bertz CT molecular complexity index is 753. The highest BCUT2D eigenvalue weighted by Crippen LogP contribution is 2.28. The number of amides is 2. The summed E-state index contributed by atoms with van der Waals surface area (Å²) in [6.07, 6.45) is 5.28. The van der Waals surface area contributed by atoms with Crippen molar-refractivity contribution in [2.45, 2.75) is 24.8 Å². The molecule has 0 radical (unpaired) electrons. The zero-order valence-corrected chi connectivity index (χ0v) is 16.5. The maximum Gasteiger partial charge on any atom is 0.252 e. The Labute approximate surface area is 165 Å². The molecule has 0 saturated carbocycles. The molecule has 146 valence electrons. The van der Waals surface area contributed by atoms with E-state index in [9.17, 15) is 9.59 Å². The van der Waals surface area contributed by atoms with Crippen molar-refractivity contribution in [3.63, 3.8) is 0 Å². The number of aromatic nitrogens is 2. The van der Waals surface area contributed by atoms with E-state index in [4.69, 9.17) is 0 Å². The van der Waals surface area contributed by atoms with E-state index in [-0.39, 0.29) is 24.2 Å². The van der Waals surface area contributed by atoms with Crippen molar-refractivity contribution >= 4 is 29.9 Å². The third-order valence-corrected chi connectivity index (χ3v) is 4.86. The third-order valence-electron chi connectivity index (χ3n) is 4.86. The number of likely N-dealkylation sites (N-methyl/N-ethyl adjacent to an activating group) is 1. The molecule has 0 bridgehead atoms. The summed E-state index contributed by atoms with van der Waals surface area (Å²) in [5.74, 6) is -0.00561. The molecule has 1 aliphatic heterocycles. The molecular weight excluding hydrogens is 366 g/mol. The summed E-state index contributed by atoms with van der Waals surface area (Å²) in [4.78, 5) is 26.4. The van der Waals surface area contributed by atoms with Crippen molar-refractivity contribution in [2.75, 3.05) is 32.5 Å². The number of hydrogen-bond acceptors (Lipinski definition) is 4. The second-order valence-corrected chi connectivity index (χ2v) is 6.85. The Hall–Kier alpha value is -2.38. The molecule has 0 atom stereocenters. The van der Waals surface area contributed by atoms with E-state index in [2.05, 4.69) is 15.7 Å².